The fraction of sp³-hybridized carbons (Fsp3) is 0.0182. The highest BCUT2D eigenvalue weighted by molar-refractivity contribution is 6.33. The summed E-state index contributed by atoms with van der Waals surface area (Å²) in [6.45, 7) is 15.1. The van der Waals surface area contributed by atoms with E-state index in [0.29, 0.717) is 0 Å². The molecule has 8 aromatic rings. The summed E-state index contributed by atoms with van der Waals surface area (Å²) in [7, 11) is 0. The molecular formula is C55H38. The molecule has 0 amide bonds. The highest BCUT2D eigenvalue weighted by Crippen LogP contribution is 2.63. The van der Waals surface area contributed by atoms with Gasteiger partial charge < -0.3 is 0 Å². The van der Waals surface area contributed by atoms with E-state index < -0.39 is 0 Å². The average molecular weight is 699 g/mol. The van der Waals surface area contributed by atoms with Gasteiger partial charge in [0.2, 0.25) is 0 Å². The van der Waals surface area contributed by atoms with E-state index in [4.69, 9.17) is 0 Å². The van der Waals surface area contributed by atoms with Crippen molar-refractivity contribution in [3.63, 3.8) is 0 Å². The van der Waals surface area contributed by atoms with Crippen LogP contribution in [0.3, 0.4) is 0 Å². The van der Waals surface area contributed by atoms with Gasteiger partial charge in [-0.25, -0.2) is 0 Å². The molecule has 10 rings (SSSR count). The zero-order valence-corrected chi connectivity index (χ0v) is 30.9. The molecule has 8 aromatic carbocycles. The Kier molecular flexibility index (Phi) is 7.61. The minimum absolute atomic E-state index is 1.10. The van der Waals surface area contributed by atoms with Gasteiger partial charge in [-0.05, 0) is 129 Å². The summed E-state index contributed by atoms with van der Waals surface area (Å²) in [6.07, 6.45) is 12.5. The van der Waals surface area contributed by atoms with Crippen molar-refractivity contribution in [2.24, 2.45) is 0 Å². The lowest BCUT2D eigenvalue weighted by atomic mass is 9.80. The first kappa shape index (κ1) is 32.6. The Bertz CT molecular complexity index is 2900. The van der Waals surface area contributed by atoms with Crippen LogP contribution in [0.1, 0.15) is 23.6 Å². The Morgan fingerprint density at radius 3 is 1.25 bits per heavy atom. The van der Waals surface area contributed by atoms with Crippen LogP contribution < -0.4 is 0 Å². The van der Waals surface area contributed by atoms with Crippen LogP contribution in [0, 0.1) is 0 Å². The third-order valence-electron chi connectivity index (χ3n) is 11.6. The normalized spacial score (nSPS) is 12.3. The smallest absolute Gasteiger partial charge is 0.000740 e. The van der Waals surface area contributed by atoms with Gasteiger partial charge in [0.25, 0.3) is 0 Å². The molecule has 258 valence electrons. The van der Waals surface area contributed by atoms with E-state index in [2.05, 4.69) is 184 Å². The largest absolute Gasteiger partial charge is 0.0990 e. The summed E-state index contributed by atoms with van der Waals surface area (Å²) >= 11 is 0. The molecule has 2 aliphatic carbocycles. The molecule has 0 atom stereocenters. The molecule has 0 saturated heterocycles. The zero-order chi connectivity index (χ0) is 37.2. The van der Waals surface area contributed by atoms with Crippen LogP contribution in [-0.2, 0) is 0 Å². The molecule has 0 heterocycles. The second-order valence-electron chi connectivity index (χ2n) is 14.3. The molecule has 55 heavy (non-hydrogen) atoms. The third kappa shape index (κ3) is 4.59. The SMILES string of the molecule is C=C/C=C(\C=C/C)c1c2c(c(-c3ccccc3)c3ccccc13)-c1ccc3c4c(ccc-2c14)-c1c(-c2ccccc2)c(C=C)c(C=C)c(-c2ccccc2)c1-3. The van der Waals surface area contributed by atoms with Gasteiger partial charge in [-0.2, -0.15) is 0 Å². The van der Waals surface area contributed by atoms with Crippen LogP contribution in [0.25, 0.3) is 117 Å². The maximum absolute atomic E-state index is 4.41. The molecule has 0 heteroatoms. The van der Waals surface area contributed by atoms with E-state index in [1.165, 1.54) is 105 Å². The summed E-state index contributed by atoms with van der Waals surface area (Å²) in [5.74, 6) is 0. The van der Waals surface area contributed by atoms with Crippen LogP contribution in [0.4, 0.5) is 0 Å². The summed E-state index contributed by atoms with van der Waals surface area (Å²) in [5, 5.41) is 5.10. The highest BCUT2D eigenvalue weighted by atomic mass is 14.4. The Balaban J connectivity index is 1.41. The summed E-state index contributed by atoms with van der Waals surface area (Å²) in [4.78, 5) is 0. The summed E-state index contributed by atoms with van der Waals surface area (Å²) in [6, 6.07) is 51.0. The highest BCUT2D eigenvalue weighted by Gasteiger charge is 2.37. The van der Waals surface area contributed by atoms with Crippen LogP contribution in [0.15, 0.2) is 184 Å². The lowest BCUT2D eigenvalue weighted by Gasteiger charge is -2.23. The van der Waals surface area contributed by atoms with E-state index in [1.54, 1.807) is 0 Å². The van der Waals surface area contributed by atoms with Crippen molar-refractivity contribution in [2.75, 3.05) is 0 Å². The Morgan fingerprint density at radius 1 is 0.418 bits per heavy atom. The molecule has 0 unspecified atom stereocenters. The predicted octanol–water partition coefficient (Wildman–Crippen LogP) is 15.7. The van der Waals surface area contributed by atoms with Gasteiger partial charge in [-0.3, -0.25) is 0 Å². The minimum atomic E-state index is 1.10. The summed E-state index contributed by atoms with van der Waals surface area (Å²) < 4.78 is 0. The van der Waals surface area contributed by atoms with Gasteiger partial charge in [-0.15, -0.1) is 0 Å². The molecule has 0 radical (unpaired) electrons. The Labute approximate surface area is 323 Å². The monoisotopic (exact) mass is 698 g/mol. The molecule has 0 spiro atoms. The van der Waals surface area contributed by atoms with Crippen molar-refractivity contribution in [3.05, 3.63) is 200 Å². The van der Waals surface area contributed by atoms with Gasteiger partial charge in [0.15, 0.2) is 0 Å². The molecule has 0 bridgehead atoms. The number of rotatable bonds is 8. The lowest BCUT2D eigenvalue weighted by molar-refractivity contribution is 1.54. The molecule has 0 saturated carbocycles. The van der Waals surface area contributed by atoms with Crippen molar-refractivity contribution in [3.8, 4) is 77.9 Å². The molecule has 0 nitrogen and oxygen atoms in total. The van der Waals surface area contributed by atoms with Crippen LogP contribution in [0.2, 0.25) is 0 Å². The van der Waals surface area contributed by atoms with E-state index in [-0.39, 0.29) is 0 Å². The van der Waals surface area contributed by atoms with Crippen molar-refractivity contribution in [1.82, 2.24) is 0 Å². The van der Waals surface area contributed by atoms with Gasteiger partial charge in [0, 0.05) is 0 Å². The van der Waals surface area contributed by atoms with E-state index in [0.717, 1.165) is 16.7 Å². The number of hydrogen-bond acceptors (Lipinski definition) is 0. The van der Waals surface area contributed by atoms with E-state index >= 15 is 0 Å². The number of allylic oxidation sites excluding steroid dienone is 5. The number of benzene rings is 8. The first-order chi connectivity index (χ1) is 27.2. The molecular weight excluding hydrogens is 661 g/mol. The number of hydrogen-bond donors (Lipinski definition) is 0. The standard InChI is InChI=1S/C55H38/c1-5-20-34(21-6-2)48-40-28-18-19-29-41(40)49(37-26-16-11-17-27-37)55-45-33-31-43-50-42(30-32-44(51(45)50)54(48)55)52-46(35-22-12-9-13-23-35)38(7-3)39(8-4)47(53(43)52)36-24-14-10-15-25-36/h5-33H,1,3-4H2,2H3/b21-6-,34-20+. The van der Waals surface area contributed by atoms with Crippen molar-refractivity contribution >= 4 is 39.3 Å². The fourth-order valence-corrected chi connectivity index (χ4v) is 9.60. The molecule has 2 aliphatic rings. The fourth-order valence-electron chi connectivity index (χ4n) is 9.60. The van der Waals surface area contributed by atoms with Crippen molar-refractivity contribution < 1.29 is 0 Å². The summed E-state index contributed by atoms with van der Waals surface area (Å²) in [5.41, 5.74) is 22.0. The van der Waals surface area contributed by atoms with E-state index in [1.807, 2.05) is 18.2 Å². The quantitative estimate of drug-likeness (QED) is 0.139. The predicted molar refractivity (Wildman–Crippen MR) is 240 cm³/mol. The van der Waals surface area contributed by atoms with Gasteiger partial charge >= 0.3 is 0 Å². The maximum atomic E-state index is 4.41. The van der Waals surface area contributed by atoms with Gasteiger partial charge in [-0.1, -0.05) is 196 Å². The van der Waals surface area contributed by atoms with Crippen LogP contribution in [-0.4, -0.2) is 0 Å². The minimum Gasteiger partial charge on any atom is -0.0990 e. The number of fused-ring (bicyclic) bond motifs is 7. The molecule has 0 aliphatic heterocycles. The first-order valence-corrected chi connectivity index (χ1v) is 19.0. The van der Waals surface area contributed by atoms with Crippen molar-refractivity contribution in [1.29, 1.82) is 0 Å². The molecule has 0 N–H and O–H groups in total. The first-order valence-electron chi connectivity index (χ1n) is 19.0. The third-order valence-corrected chi connectivity index (χ3v) is 11.6. The van der Waals surface area contributed by atoms with Crippen molar-refractivity contribution in [2.45, 2.75) is 6.92 Å². The van der Waals surface area contributed by atoms with Crippen LogP contribution >= 0.6 is 0 Å². The Morgan fingerprint density at radius 2 is 0.818 bits per heavy atom. The maximum Gasteiger partial charge on any atom is -0.000740 e. The topological polar surface area (TPSA) is 0 Å². The van der Waals surface area contributed by atoms with Gasteiger partial charge in [0.1, 0.15) is 0 Å². The lowest BCUT2D eigenvalue weighted by Crippen LogP contribution is -1.98. The molecule has 0 fully saturated rings. The van der Waals surface area contributed by atoms with Gasteiger partial charge in [0.05, 0.1) is 0 Å². The zero-order valence-electron chi connectivity index (χ0n) is 30.9. The Hall–Kier alpha value is -7.02. The second-order valence-corrected chi connectivity index (χ2v) is 14.3. The average Bonchev–Trinajstić information content (AvgIpc) is 3.75. The molecule has 0 aromatic heterocycles. The van der Waals surface area contributed by atoms with Crippen LogP contribution in [0.5, 0.6) is 0 Å². The van der Waals surface area contributed by atoms with E-state index in [9.17, 15) is 0 Å². The second kappa shape index (κ2) is 12.8.